The Hall–Kier alpha value is -2.76. The number of fused-ring (bicyclic) bond motifs is 1. The van der Waals surface area contributed by atoms with E-state index < -0.39 is 6.10 Å². The highest BCUT2D eigenvalue weighted by Gasteiger charge is 2.25. The Labute approximate surface area is 164 Å². The monoisotopic (exact) mass is 376 g/mol. The summed E-state index contributed by atoms with van der Waals surface area (Å²) in [4.78, 5) is 19.1. The number of likely N-dealkylation sites (tertiary alicyclic amines) is 1. The number of aryl methyl sites for hydroxylation is 1. The molecule has 1 atom stereocenters. The molecule has 5 heteroatoms. The third-order valence-electron chi connectivity index (χ3n) is 5.33. The number of hydrogen-bond acceptors (Lipinski definition) is 4. The number of aliphatic hydroxyl groups excluding tert-OH is 2. The van der Waals surface area contributed by atoms with E-state index in [1.54, 1.807) is 4.90 Å². The van der Waals surface area contributed by atoms with E-state index in [-0.39, 0.29) is 12.5 Å². The maximum Gasteiger partial charge on any atom is 0.253 e. The van der Waals surface area contributed by atoms with Crippen molar-refractivity contribution in [2.24, 2.45) is 0 Å². The lowest BCUT2D eigenvalue weighted by Gasteiger charge is -2.16. The van der Waals surface area contributed by atoms with Gasteiger partial charge in [0.2, 0.25) is 0 Å². The molecule has 4 rings (SSSR count). The zero-order valence-electron chi connectivity index (χ0n) is 15.9. The van der Waals surface area contributed by atoms with Crippen LogP contribution in [0.5, 0.6) is 0 Å². The molecule has 0 radical (unpaired) electrons. The van der Waals surface area contributed by atoms with Gasteiger partial charge in [-0.15, -0.1) is 0 Å². The van der Waals surface area contributed by atoms with Crippen LogP contribution in [0.25, 0.3) is 10.9 Å². The van der Waals surface area contributed by atoms with Crippen molar-refractivity contribution in [2.45, 2.75) is 32.5 Å². The van der Waals surface area contributed by atoms with Crippen molar-refractivity contribution < 1.29 is 15.0 Å². The molecule has 2 heterocycles. The van der Waals surface area contributed by atoms with Gasteiger partial charge in [0, 0.05) is 29.7 Å². The average molecular weight is 376 g/mol. The third kappa shape index (κ3) is 3.63. The molecule has 1 amide bonds. The second-order valence-corrected chi connectivity index (χ2v) is 7.46. The number of para-hydroxylation sites is 1. The summed E-state index contributed by atoms with van der Waals surface area (Å²) in [6.45, 7) is 2.91. The number of aromatic nitrogens is 1. The minimum atomic E-state index is -0.419. The summed E-state index contributed by atoms with van der Waals surface area (Å²) < 4.78 is 0. The minimum absolute atomic E-state index is 0.0189. The Bertz CT molecular complexity index is 1030. The van der Waals surface area contributed by atoms with Crippen molar-refractivity contribution in [1.29, 1.82) is 0 Å². The SMILES string of the molecule is Cc1cc(CO)c2cccc(Cc3cccc(C(=O)N4CC[C@@H](O)C4)c3)c2n1. The van der Waals surface area contributed by atoms with E-state index in [0.29, 0.717) is 31.5 Å². The maximum atomic E-state index is 12.7. The summed E-state index contributed by atoms with van der Waals surface area (Å²) in [5.74, 6) is -0.0344. The second kappa shape index (κ2) is 7.70. The van der Waals surface area contributed by atoms with Crippen LogP contribution in [0.4, 0.5) is 0 Å². The number of pyridine rings is 1. The van der Waals surface area contributed by atoms with Crippen LogP contribution in [0.2, 0.25) is 0 Å². The van der Waals surface area contributed by atoms with Crippen LogP contribution in [0, 0.1) is 6.92 Å². The van der Waals surface area contributed by atoms with Crippen LogP contribution >= 0.6 is 0 Å². The fourth-order valence-electron chi connectivity index (χ4n) is 3.94. The quantitative estimate of drug-likeness (QED) is 0.734. The van der Waals surface area contributed by atoms with E-state index in [0.717, 1.165) is 33.3 Å². The molecule has 5 nitrogen and oxygen atoms in total. The molecule has 2 aromatic carbocycles. The van der Waals surface area contributed by atoms with E-state index >= 15 is 0 Å². The fourth-order valence-corrected chi connectivity index (χ4v) is 3.94. The number of aliphatic hydroxyl groups is 2. The first-order chi connectivity index (χ1) is 13.5. The summed E-state index contributed by atoms with van der Waals surface area (Å²) in [7, 11) is 0. The molecular weight excluding hydrogens is 352 g/mol. The van der Waals surface area contributed by atoms with Crippen molar-refractivity contribution in [3.05, 3.63) is 76.5 Å². The Morgan fingerprint density at radius 2 is 2.00 bits per heavy atom. The molecule has 1 saturated heterocycles. The molecule has 3 aromatic rings. The maximum absolute atomic E-state index is 12.7. The van der Waals surface area contributed by atoms with Gasteiger partial charge in [-0.05, 0) is 54.7 Å². The summed E-state index contributed by atoms with van der Waals surface area (Å²) >= 11 is 0. The number of amides is 1. The topological polar surface area (TPSA) is 73.7 Å². The van der Waals surface area contributed by atoms with E-state index in [4.69, 9.17) is 4.98 Å². The molecule has 1 aliphatic heterocycles. The minimum Gasteiger partial charge on any atom is -0.392 e. The Balaban J connectivity index is 1.65. The van der Waals surface area contributed by atoms with Crippen molar-refractivity contribution in [2.75, 3.05) is 13.1 Å². The number of β-amino-alcohol motifs (C(OH)–C–C–N with tert-alkyl or cyclic N) is 1. The molecule has 0 saturated carbocycles. The van der Waals surface area contributed by atoms with Crippen LogP contribution in [0.15, 0.2) is 48.5 Å². The first-order valence-corrected chi connectivity index (χ1v) is 9.60. The highest BCUT2D eigenvalue weighted by molar-refractivity contribution is 5.94. The van der Waals surface area contributed by atoms with Gasteiger partial charge < -0.3 is 15.1 Å². The van der Waals surface area contributed by atoms with Crippen LogP contribution in [-0.4, -0.2) is 45.2 Å². The number of carbonyl (C=O) groups is 1. The summed E-state index contributed by atoms with van der Waals surface area (Å²) in [6.07, 6.45) is 0.875. The number of carbonyl (C=O) groups excluding carboxylic acids is 1. The van der Waals surface area contributed by atoms with Gasteiger partial charge >= 0.3 is 0 Å². The number of rotatable bonds is 4. The van der Waals surface area contributed by atoms with Crippen molar-refractivity contribution in [3.8, 4) is 0 Å². The predicted octanol–water partition coefficient (Wildman–Crippen LogP) is 2.83. The molecule has 0 bridgehead atoms. The number of benzene rings is 2. The summed E-state index contributed by atoms with van der Waals surface area (Å²) in [5.41, 5.74) is 5.39. The van der Waals surface area contributed by atoms with E-state index in [1.807, 2.05) is 55.5 Å². The first kappa shape index (κ1) is 18.6. The number of nitrogens with zero attached hydrogens (tertiary/aromatic N) is 2. The van der Waals surface area contributed by atoms with Crippen molar-refractivity contribution in [1.82, 2.24) is 9.88 Å². The van der Waals surface area contributed by atoms with Gasteiger partial charge in [-0.1, -0.05) is 30.3 Å². The highest BCUT2D eigenvalue weighted by Crippen LogP contribution is 2.24. The molecule has 0 unspecified atom stereocenters. The molecule has 1 aliphatic rings. The largest absolute Gasteiger partial charge is 0.392 e. The van der Waals surface area contributed by atoms with Crippen molar-refractivity contribution in [3.63, 3.8) is 0 Å². The van der Waals surface area contributed by atoms with Crippen LogP contribution in [0.1, 0.15) is 39.2 Å². The normalized spacial score (nSPS) is 16.7. The second-order valence-electron chi connectivity index (χ2n) is 7.46. The summed E-state index contributed by atoms with van der Waals surface area (Å²) in [5, 5.41) is 20.3. The Kier molecular flexibility index (Phi) is 5.11. The zero-order valence-corrected chi connectivity index (χ0v) is 15.9. The smallest absolute Gasteiger partial charge is 0.253 e. The van der Waals surface area contributed by atoms with Gasteiger partial charge in [0.25, 0.3) is 5.91 Å². The number of hydrogen-bond donors (Lipinski definition) is 2. The lowest BCUT2D eigenvalue weighted by molar-refractivity contribution is 0.0765. The van der Waals surface area contributed by atoms with Gasteiger partial charge in [0.15, 0.2) is 0 Å². The molecular formula is C23H24N2O3. The van der Waals surface area contributed by atoms with Crippen LogP contribution < -0.4 is 0 Å². The molecule has 144 valence electrons. The van der Waals surface area contributed by atoms with Crippen LogP contribution in [-0.2, 0) is 13.0 Å². The molecule has 0 aliphatic carbocycles. The van der Waals surface area contributed by atoms with Gasteiger partial charge in [-0.2, -0.15) is 0 Å². The summed E-state index contributed by atoms with van der Waals surface area (Å²) in [6, 6.07) is 15.6. The van der Waals surface area contributed by atoms with Gasteiger partial charge in [-0.3, -0.25) is 9.78 Å². The average Bonchev–Trinajstić information content (AvgIpc) is 3.14. The molecule has 1 aromatic heterocycles. The van der Waals surface area contributed by atoms with Crippen LogP contribution in [0.3, 0.4) is 0 Å². The van der Waals surface area contributed by atoms with E-state index in [1.165, 1.54) is 0 Å². The van der Waals surface area contributed by atoms with Gasteiger partial charge in [0.05, 0.1) is 18.2 Å². The van der Waals surface area contributed by atoms with Crippen molar-refractivity contribution >= 4 is 16.8 Å². The molecule has 28 heavy (non-hydrogen) atoms. The van der Waals surface area contributed by atoms with Gasteiger partial charge in [0.1, 0.15) is 0 Å². The lowest BCUT2D eigenvalue weighted by atomic mass is 9.98. The lowest BCUT2D eigenvalue weighted by Crippen LogP contribution is -2.29. The van der Waals surface area contributed by atoms with Gasteiger partial charge in [-0.25, -0.2) is 0 Å². The van der Waals surface area contributed by atoms with E-state index in [9.17, 15) is 15.0 Å². The Morgan fingerprint density at radius 1 is 1.18 bits per heavy atom. The standard InChI is InChI=1S/C23H24N2O3/c1-15-10-19(14-26)21-7-3-5-17(22(21)24-15)11-16-4-2-6-18(12-16)23(28)25-9-8-20(27)13-25/h2-7,10,12,20,26-27H,8-9,11,13-14H2,1H3/t20-/m1/s1. The fraction of sp³-hybridized carbons (Fsp3) is 0.304. The third-order valence-corrected chi connectivity index (χ3v) is 5.33. The molecule has 1 fully saturated rings. The predicted molar refractivity (Wildman–Crippen MR) is 108 cm³/mol. The Morgan fingerprint density at radius 3 is 2.75 bits per heavy atom. The molecule has 2 N–H and O–H groups in total. The zero-order chi connectivity index (χ0) is 19.7. The first-order valence-electron chi connectivity index (χ1n) is 9.60. The highest BCUT2D eigenvalue weighted by atomic mass is 16.3. The molecule has 0 spiro atoms. The van der Waals surface area contributed by atoms with E-state index in [2.05, 4.69) is 0 Å².